The Morgan fingerprint density at radius 2 is 1.96 bits per heavy atom. The molecule has 10 heteroatoms. The van der Waals surface area contributed by atoms with Gasteiger partial charge in [0.15, 0.2) is 0 Å². The lowest BCUT2D eigenvalue weighted by Gasteiger charge is -2.32. The molecule has 1 saturated heterocycles. The summed E-state index contributed by atoms with van der Waals surface area (Å²) < 4.78 is 1.94. The molecule has 2 rings (SSSR count). The van der Waals surface area contributed by atoms with E-state index in [9.17, 15) is 9.90 Å². The van der Waals surface area contributed by atoms with E-state index >= 15 is 0 Å². The van der Waals surface area contributed by atoms with Crippen molar-refractivity contribution in [1.29, 1.82) is 0 Å². The minimum Gasteiger partial charge on any atom is -0.483 e. The second-order valence-corrected chi connectivity index (χ2v) is 5.43. The molecule has 0 unspecified atom stereocenters. The van der Waals surface area contributed by atoms with E-state index in [1.165, 1.54) is 0 Å². The molecular formula is C15H26N4O6. The van der Waals surface area contributed by atoms with Crippen LogP contribution in [0.3, 0.4) is 0 Å². The number of aromatic nitrogens is 2. The molecule has 0 saturated carbocycles. The molecule has 1 aromatic heterocycles. The first-order chi connectivity index (χ1) is 11.9. The fraction of sp³-hybridized carbons (Fsp3) is 0.600. The predicted molar refractivity (Wildman–Crippen MR) is 88.9 cm³/mol. The fourth-order valence-corrected chi connectivity index (χ4v) is 2.43. The molecule has 0 spiro atoms. The quantitative estimate of drug-likeness (QED) is 0.491. The Balaban J connectivity index is 0.000000844. The van der Waals surface area contributed by atoms with Gasteiger partial charge in [0.25, 0.3) is 12.9 Å². The van der Waals surface area contributed by atoms with E-state index in [1.807, 2.05) is 24.9 Å². The second-order valence-electron chi connectivity index (χ2n) is 5.43. The number of likely N-dealkylation sites (tertiary alicyclic amines) is 1. The van der Waals surface area contributed by atoms with E-state index in [0.717, 1.165) is 12.4 Å². The van der Waals surface area contributed by atoms with Crippen LogP contribution in [-0.4, -0.2) is 81.4 Å². The average Bonchev–Trinajstić information content (AvgIpc) is 2.96. The Morgan fingerprint density at radius 1 is 1.36 bits per heavy atom. The highest BCUT2D eigenvalue weighted by Crippen LogP contribution is 2.16. The number of aliphatic hydroxyl groups excluding tert-OH is 1. The molecule has 142 valence electrons. The molecule has 10 nitrogen and oxygen atoms in total. The molecule has 1 aliphatic heterocycles. The number of piperidine rings is 1. The lowest BCUT2D eigenvalue weighted by molar-refractivity contribution is -0.131. The molecule has 1 aromatic rings. The van der Waals surface area contributed by atoms with Gasteiger partial charge in [-0.05, 0) is 13.5 Å². The van der Waals surface area contributed by atoms with Crippen LogP contribution >= 0.6 is 0 Å². The van der Waals surface area contributed by atoms with E-state index < -0.39 is 6.10 Å². The number of rotatable bonds is 4. The topological polar surface area (TPSA) is 145 Å². The Kier molecular flexibility index (Phi) is 11.6. The van der Waals surface area contributed by atoms with Gasteiger partial charge in [-0.25, -0.2) is 4.98 Å². The van der Waals surface area contributed by atoms with Gasteiger partial charge in [-0.15, -0.1) is 0 Å². The molecule has 2 heterocycles. The molecule has 0 bridgehead atoms. The summed E-state index contributed by atoms with van der Waals surface area (Å²) in [6.07, 6.45) is 4.47. The molecule has 2 atom stereocenters. The Morgan fingerprint density at radius 3 is 2.48 bits per heavy atom. The number of imidazole rings is 1. The standard InChI is InChI=1S/C13H22N4O2.2CH2O2/c1-16-7-4-11(18)10(9-16)13(19)15-5-3-12-14-6-8-17(12)2;2*2-1-3/h6,8,10-11,18H,3-5,7,9H2,1-2H3,(H,15,19);2*1H,(H,2,3)/t10-,11-;;/m1../s1. The van der Waals surface area contributed by atoms with Crippen molar-refractivity contribution < 1.29 is 29.7 Å². The molecule has 0 aromatic carbocycles. The van der Waals surface area contributed by atoms with Crippen LogP contribution in [0.5, 0.6) is 0 Å². The molecule has 1 amide bonds. The van der Waals surface area contributed by atoms with E-state index in [2.05, 4.69) is 15.2 Å². The van der Waals surface area contributed by atoms with Crippen molar-refractivity contribution >= 4 is 18.9 Å². The Labute approximate surface area is 146 Å². The van der Waals surface area contributed by atoms with Gasteiger partial charge < -0.3 is 30.1 Å². The number of hydrogen-bond donors (Lipinski definition) is 4. The summed E-state index contributed by atoms with van der Waals surface area (Å²) in [5.74, 6) is 0.565. The summed E-state index contributed by atoms with van der Waals surface area (Å²) in [6.45, 7) is 1.52. The summed E-state index contributed by atoms with van der Waals surface area (Å²) in [6, 6.07) is 0. The van der Waals surface area contributed by atoms with Gasteiger partial charge in [0.2, 0.25) is 5.91 Å². The monoisotopic (exact) mass is 358 g/mol. The van der Waals surface area contributed by atoms with Crippen molar-refractivity contribution in [3.05, 3.63) is 18.2 Å². The maximum absolute atomic E-state index is 12.0. The van der Waals surface area contributed by atoms with Crippen molar-refractivity contribution in [2.75, 3.05) is 26.7 Å². The largest absolute Gasteiger partial charge is 0.483 e. The SMILES string of the molecule is CN1CC[C@@H](O)[C@H](C(=O)NCCc2nccn2C)C1.O=CO.O=CO. The highest BCUT2D eigenvalue weighted by Gasteiger charge is 2.31. The van der Waals surface area contributed by atoms with Crippen molar-refractivity contribution in [2.24, 2.45) is 13.0 Å². The zero-order chi connectivity index (χ0) is 19.2. The minimum atomic E-state index is -0.524. The third-order valence-corrected chi connectivity index (χ3v) is 3.68. The molecular weight excluding hydrogens is 332 g/mol. The molecule has 1 aliphatic rings. The highest BCUT2D eigenvalue weighted by molar-refractivity contribution is 5.79. The summed E-state index contributed by atoms with van der Waals surface area (Å²) in [5.41, 5.74) is 0. The zero-order valence-electron chi connectivity index (χ0n) is 14.4. The van der Waals surface area contributed by atoms with E-state index in [1.54, 1.807) is 6.20 Å². The van der Waals surface area contributed by atoms with Crippen molar-refractivity contribution in [2.45, 2.75) is 18.9 Å². The molecule has 25 heavy (non-hydrogen) atoms. The third-order valence-electron chi connectivity index (χ3n) is 3.68. The number of nitrogens with one attached hydrogen (secondary N) is 1. The first-order valence-corrected chi connectivity index (χ1v) is 7.67. The summed E-state index contributed by atoms with van der Waals surface area (Å²) >= 11 is 0. The highest BCUT2D eigenvalue weighted by atomic mass is 16.3. The molecule has 4 N–H and O–H groups in total. The minimum absolute atomic E-state index is 0.0618. The van der Waals surface area contributed by atoms with Crippen LogP contribution in [0.15, 0.2) is 12.4 Å². The van der Waals surface area contributed by atoms with Gasteiger partial charge in [-0.2, -0.15) is 0 Å². The maximum Gasteiger partial charge on any atom is 0.290 e. The zero-order valence-corrected chi connectivity index (χ0v) is 14.4. The Hall–Kier alpha value is -2.46. The van der Waals surface area contributed by atoms with Gasteiger partial charge in [-0.1, -0.05) is 0 Å². The third kappa shape index (κ3) is 8.82. The normalized spacial score (nSPS) is 19.5. The lowest BCUT2D eigenvalue weighted by atomic mass is 9.94. The molecule has 0 radical (unpaired) electrons. The first-order valence-electron chi connectivity index (χ1n) is 7.67. The fourth-order valence-electron chi connectivity index (χ4n) is 2.43. The van der Waals surface area contributed by atoms with Gasteiger partial charge in [-0.3, -0.25) is 14.4 Å². The number of carbonyl (C=O) groups excluding carboxylic acids is 1. The van der Waals surface area contributed by atoms with Crippen molar-refractivity contribution in [3.8, 4) is 0 Å². The molecule has 1 fully saturated rings. The van der Waals surface area contributed by atoms with E-state index in [-0.39, 0.29) is 24.8 Å². The lowest BCUT2D eigenvalue weighted by Crippen LogP contribution is -2.49. The van der Waals surface area contributed by atoms with Crippen LogP contribution in [-0.2, 0) is 27.9 Å². The number of carboxylic acid groups (broad SMARTS) is 2. The van der Waals surface area contributed by atoms with Crippen LogP contribution < -0.4 is 5.32 Å². The summed E-state index contributed by atoms with van der Waals surface area (Å²) in [5, 5.41) is 26.5. The van der Waals surface area contributed by atoms with E-state index in [4.69, 9.17) is 19.8 Å². The smallest absolute Gasteiger partial charge is 0.290 e. The summed E-state index contributed by atoms with van der Waals surface area (Å²) in [4.78, 5) is 35.0. The van der Waals surface area contributed by atoms with Crippen LogP contribution in [0, 0.1) is 5.92 Å². The van der Waals surface area contributed by atoms with Crippen molar-refractivity contribution in [3.63, 3.8) is 0 Å². The number of carbonyl (C=O) groups is 3. The number of aliphatic hydroxyl groups is 1. The van der Waals surface area contributed by atoms with E-state index in [0.29, 0.717) is 25.9 Å². The number of aryl methyl sites for hydroxylation is 1. The average molecular weight is 358 g/mol. The number of nitrogens with zero attached hydrogens (tertiary/aromatic N) is 3. The maximum atomic E-state index is 12.0. The summed E-state index contributed by atoms with van der Waals surface area (Å²) in [7, 11) is 3.91. The van der Waals surface area contributed by atoms with Gasteiger partial charge >= 0.3 is 0 Å². The van der Waals surface area contributed by atoms with Crippen LogP contribution in [0.2, 0.25) is 0 Å². The van der Waals surface area contributed by atoms with Crippen molar-refractivity contribution in [1.82, 2.24) is 19.8 Å². The van der Waals surface area contributed by atoms with Gasteiger partial charge in [0.1, 0.15) is 5.82 Å². The first kappa shape index (κ1) is 22.5. The number of hydrogen-bond acceptors (Lipinski definition) is 6. The second kappa shape index (κ2) is 12.9. The predicted octanol–water partition coefficient (Wildman–Crippen LogP) is -1.21. The van der Waals surface area contributed by atoms with Crippen LogP contribution in [0.4, 0.5) is 0 Å². The van der Waals surface area contributed by atoms with Gasteiger partial charge in [0.05, 0.1) is 12.0 Å². The Bertz CT molecular complexity index is 516. The van der Waals surface area contributed by atoms with Crippen LogP contribution in [0.1, 0.15) is 12.2 Å². The van der Waals surface area contributed by atoms with Gasteiger partial charge in [0, 0.05) is 45.5 Å². The number of amides is 1. The molecule has 0 aliphatic carbocycles. The van der Waals surface area contributed by atoms with Crippen LogP contribution in [0.25, 0.3) is 0 Å².